The molecule has 3 rings (SSSR count). The number of carbonyl (C=O) groups is 2. The van der Waals surface area contributed by atoms with Crippen LogP contribution >= 0.6 is 11.3 Å². The largest absolute Gasteiger partial charge is 0.326 e. The highest BCUT2D eigenvalue weighted by Gasteiger charge is 2.61. The van der Waals surface area contributed by atoms with E-state index in [2.05, 4.69) is 10.3 Å². The minimum absolute atomic E-state index is 0.0762. The molecule has 1 aliphatic carbocycles. The Hall–Kier alpha value is -1.75. The number of nitrogens with zero attached hydrogens (tertiary/aromatic N) is 1. The molecule has 2 aromatic rings. The molecule has 0 spiro atoms. The molecule has 0 bridgehead atoms. The number of benzene rings is 1. The first kappa shape index (κ1) is 13.2. The lowest BCUT2D eigenvalue weighted by Crippen LogP contribution is -2.16. The molecule has 1 amide bonds. The molecule has 1 aliphatic rings. The maximum Gasteiger partial charge on any atom is 0.228 e. The number of amides is 1. The van der Waals surface area contributed by atoms with E-state index in [0.717, 1.165) is 27.2 Å². The molecule has 2 unspecified atom stereocenters. The van der Waals surface area contributed by atoms with Gasteiger partial charge in [-0.05, 0) is 30.5 Å². The first-order chi connectivity index (χ1) is 9.43. The van der Waals surface area contributed by atoms with Crippen molar-refractivity contribution in [1.82, 2.24) is 4.98 Å². The number of thiazole rings is 1. The van der Waals surface area contributed by atoms with Gasteiger partial charge in [0.1, 0.15) is 6.29 Å². The molecule has 4 nitrogen and oxygen atoms in total. The molecule has 1 aromatic carbocycles. The Balaban J connectivity index is 1.80. The van der Waals surface area contributed by atoms with Gasteiger partial charge in [0.2, 0.25) is 5.91 Å². The summed E-state index contributed by atoms with van der Waals surface area (Å²) in [4.78, 5) is 27.5. The molecular weight excluding hydrogens is 272 g/mol. The van der Waals surface area contributed by atoms with E-state index in [1.165, 1.54) is 0 Å². The third kappa shape index (κ3) is 2.02. The Bertz CT molecular complexity index is 705. The second kappa shape index (κ2) is 4.38. The van der Waals surface area contributed by atoms with E-state index < -0.39 is 0 Å². The van der Waals surface area contributed by atoms with Crippen molar-refractivity contribution in [2.45, 2.75) is 20.8 Å². The van der Waals surface area contributed by atoms with Gasteiger partial charge in [0.05, 0.1) is 21.1 Å². The van der Waals surface area contributed by atoms with Gasteiger partial charge < -0.3 is 10.1 Å². The second-order valence-corrected chi connectivity index (χ2v) is 7.10. The van der Waals surface area contributed by atoms with Gasteiger partial charge >= 0.3 is 0 Å². The number of fused-ring (bicyclic) bond motifs is 1. The van der Waals surface area contributed by atoms with E-state index in [-0.39, 0.29) is 23.2 Å². The molecule has 1 saturated carbocycles. The van der Waals surface area contributed by atoms with Crippen LogP contribution in [0.3, 0.4) is 0 Å². The number of aryl methyl sites for hydroxylation is 1. The lowest BCUT2D eigenvalue weighted by Gasteiger charge is -2.06. The molecule has 1 N–H and O–H groups in total. The van der Waals surface area contributed by atoms with E-state index in [9.17, 15) is 9.59 Å². The average molecular weight is 288 g/mol. The van der Waals surface area contributed by atoms with Gasteiger partial charge in [-0.1, -0.05) is 13.8 Å². The van der Waals surface area contributed by atoms with Crippen molar-refractivity contribution in [2.75, 3.05) is 5.32 Å². The van der Waals surface area contributed by atoms with Gasteiger partial charge in [0.15, 0.2) is 0 Å². The Morgan fingerprint density at radius 1 is 1.45 bits per heavy atom. The maximum atomic E-state index is 12.2. The number of aldehydes is 1. The van der Waals surface area contributed by atoms with Gasteiger partial charge in [-0.2, -0.15) is 0 Å². The van der Waals surface area contributed by atoms with E-state index >= 15 is 0 Å². The van der Waals surface area contributed by atoms with E-state index in [0.29, 0.717) is 0 Å². The Labute approximate surface area is 121 Å². The quantitative estimate of drug-likeness (QED) is 0.883. The lowest BCUT2D eigenvalue weighted by molar-refractivity contribution is -0.119. The fourth-order valence-electron chi connectivity index (χ4n) is 2.77. The summed E-state index contributed by atoms with van der Waals surface area (Å²) in [6.45, 7) is 5.86. The monoisotopic (exact) mass is 288 g/mol. The van der Waals surface area contributed by atoms with Gasteiger partial charge in [-0.15, -0.1) is 11.3 Å². The topological polar surface area (TPSA) is 59.1 Å². The lowest BCUT2D eigenvalue weighted by atomic mass is 10.1. The number of rotatable bonds is 3. The molecule has 104 valence electrons. The van der Waals surface area contributed by atoms with Crippen LogP contribution in [0.25, 0.3) is 10.2 Å². The second-order valence-electron chi connectivity index (χ2n) is 5.87. The molecule has 1 aromatic heterocycles. The molecule has 0 aliphatic heterocycles. The first-order valence-corrected chi connectivity index (χ1v) is 7.38. The van der Waals surface area contributed by atoms with E-state index in [4.69, 9.17) is 0 Å². The highest BCUT2D eigenvalue weighted by atomic mass is 32.1. The average Bonchev–Trinajstić information content (AvgIpc) is 2.73. The van der Waals surface area contributed by atoms with Gasteiger partial charge in [0.25, 0.3) is 0 Å². The minimum atomic E-state index is -0.225. The smallest absolute Gasteiger partial charge is 0.228 e. The van der Waals surface area contributed by atoms with E-state index in [1.807, 2.05) is 39.0 Å². The van der Waals surface area contributed by atoms with Crippen molar-refractivity contribution in [3.8, 4) is 0 Å². The summed E-state index contributed by atoms with van der Waals surface area (Å²) in [6.07, 6.45) is 0.889. The fraction of sp³-hybridized carbons (Fsp3) is 0.400. The molecule has 1 heterocycles. The fourth-order valence-corrected chi connectivity index (χ4v) is 3.64. The van der Waals surface area contributed by atoms with Gasteiger partial charge in [-0.3, -0.25) is 4.79 Å². The highest BCUT2D eigenvalue weighted by Crippen LogP contribution is 2.57. The van der Waals surface area contributed by atoms with Crippen LogP contribution in [0.15, 0.2) is 18.2 Å². The number of nitrogens with one attached hydrogen (secondary N) is 1. The molecule has 0 radical (unpaired) electrons. The van der Waals surface area contributed by atoms with Crippen LogP contribution in [-0.4, -0.2) is 17.2 Å². The number of hydrogen-bond acceptors (Lipinski definition) is 4. The van der Waals surface area contributed by atoms with Crippen LogP contribution in [0.2, 0.25) is 0 Å². The van der Waals surface area contributed by atoms with Crippen LogP contribution in [0.4, 0.5) is 5.69 Å². The van der Waals surface area contributed by atoms with E-state index in [1.54, 1.807) is 11.3 Å². The van der Waals surface area contributed by atoms with Crippen molar-refractivity contribution in [1.29, 1.82) is 0 Å². The standard InChI is InChI=1S/C15H16N2O2S/c1-8-16-11-5-4-9(6-12(11)20-8)17-14(19)13-10(7-18)15(13,2)3/h4-7,10,13H,1-3H3,(H,17,19). The Morgan fingerprint density at radius 3 is 2.85 bits per heavy atom. The van der Waals surface area contributed by atoms with Crippen molar-refractivity contribution >= 4 is 39.4 Å². The van der Waals surface area contributed by atoms with Crippen molar-refractivity contribution in [2.24, 2.45) is 17.3 Å². The molecular formula is C15H16N2O2S. The molecule has 2 atom stereocenters. The highest BCUT2D eigenvalue weighted by molar-refractivity contribution is 7.18. The zero-order valence-corrected chi connectivity index (χ0v) is 12.5. The summed E-state index contributed by atoms with van der Waals surface area (Å²) >= 11 is 1.60. The summed E-state index contributed by atoms with van der Waals surface area (Å²) in [6, 6.07) is 5.69. The predicted octanol–water partition coefficient (Wildman–Crippen LogP) is 3.01. The summed E-state index contributed by atoms with van der Waals surface area (Å²) in [7, 11) is 0. The minimum Gasteiger partial charge on any atom is -0.326 e. The number of carbonyl (C=O) groups excluding carboxylic acids is 2. The van der Waals surface area contributed by atoms with Crippen LogP contribution in [0, 0.1) is 24.2 Å². The summed E-state index contributed by atoms with van der Waals surface area (Å²) in [5.41, 5.74) is 1.48. The van der Waals surface area contributed by atoms with Crippen LogP contribution in [-0.2, 0) is 9.59 Å². The van der Waals surface area contributed by atoms with Crippen LogP contribution in [0.1, 0.15) is 18.9 Å². The normalized spacial score (nSPS) is 23.6. The number of aromatic nitrogens is 1. The third-order valence-electron chi connectivity index (χ3n) is 4.10. The molecule has 1 fully saturated rings. The molecule has 0 saturated heterocycles. The number of anilines is 1. The van der Waals surface area contributed by atoms with Crippen LogP contribution in [0.5, 0.6) is 0 Å². The Kier molecular flexibility index (Phi) is 2.90. The predicted molar refractivity (Wildman–Crippen MR) is 79.8 cm³/mol. The maximum absolute atomic E-state index is 12.2. The van der Waals surface area contributed by atoms with Crippen LogP contribution < -0.4 is 5.32 Å². The van der Waals surface area contributed by atoms with Gasteiger partial charge in [-0.25, -0.2) is 4.98 Å². The molecule has 5 heteroatoms. The van der Waals surface area contributed by atoms with Crippen molar-refractivity contribution in [3.05, 3.63) is 23.2 Å². The zero-order valence-electron chi connectivity index (χ0n) is 11.6. The number of hydrogen-bond donors (Lipinski definition) is 1. The third-order valence-corrected chi connectivity index (χ3v) is 5.04. The zero-order chi connectivity index (χ0) is 14.5. The van der Waals surface area contributed by atoms with Crippen molar-refractivity contribution < 1.29 is 9.59 Å². The molecule has 20 heavy (non-hydrogen) atoms. The SMILES string of the molecule is Cc1nc2ccc(NC(=O)C3C(C=O)C3(C)C)cc2s1. The summed E-state index contributed by atoms with van der Waals surface area (Å²) < 4.78 is 1.06. The summed E-state index contributed by atoms with van der Waals surface area (Å²) in [5.74, 6) is -0.469. The van der Waals surface area contributed by atoms with Crippen molar-refractivity contribution in [3.63, 3.8) is 0 Å². The summed E-state index contributed by atoms with van der Waals surface area (Å²) in [5, 5.41) is 3.91. The first-order valence-electron chi connectivity index (χ1n) is 6.57. The Morgan fingerprint density at radius 2 is 2.20 bits per heavy atom. The van der Waals surface area contributed by atoms with Gasteiger partial charge in [0, 0.05) is 11.6 Å².